The summed E-state index contributed by atoms with van der Waals surface area (Å²) in [5.41, 5.74) is 1.30. The average molecular weight is 340 g/mol. The quantitative estimate of drug-likeness (QED) is 0.766. The fourth-order valence-electron chi connectivity index (χ4n) is 2.49. The number of methoxy groups -OCH3 is 1. The first kappa shape index (κ1) is 16.5. The van der Waals surface area contributed by atoms with Gasteiger partial charge in [0.2, 0.25) is 0 Å². The highest BCUT2D eigenvalue weighted by Crippen LogP contribution is 2.28. The lowest BCUT2D eigenvalue weighted by molar-refractivity contribution is 0.0691. The Bertz CT molecular complexity index is 993. The lowest BCUT2D eigenvalue weighted by atomic mass is 10.2. The first-order chi connectivity index (χ1) is 12.0. The van der Waals surface area contributed by atoms with Gasteiger partial charge >= 0.3 is 5.97 Å². The Kier molecular flexibility index (Phi) is 4.38. The predicted molar refractivity (Wildman–Crippen MR) is 91.3 cm³/mol. The second-order valence-corrected chi connectivity index (χ2v) is 5.41. The highest BCUT2D eigenvalue weighted by Gasteiger charge is 2.18. The third kappa shape index (κ3) is 3.16. The van der Waals surface area contributed by atoms with Crippen LogP contribution in [0.3, 0.4) is 0 Å². The third-order valence-corrected chi connectivity index (χ3v) is 3.86. The van der Waals surface area contributed by atoms with Crippen LogP contribution in [0.15, 0.2) is 47.4 Å². The minimum atomic E-state index is -1.17. The molecular weight excluding hydrogens is 324 g/mol. The molecule has 2 aromatic heterocycles. The number of aromatic carboxylic acids is 1. The molecule has 0 saturated carbocycles. The van der Waals surface area contributed by atoms with Gasteiger partial charge in [-0.05, 0) is 23.8 Å². The van der Waals surface area contributed by atoms with Gasteiger partial charge < -0.3 is 19.1 Å². The summed E-state index contributed by atoms with van der Waals surface area (Å²) in [6.45, 7) is 0.145. The Hall–Kier alpha value is -3.35. The number of ether oxygens (including phenoxy) is 2. The molecule has 2 heterocycles. The van der Waals surface area contributed by atoms with Crippen molar-refractivity contribution in [3.63, 3.8) is 0 Å². The number of hydrogen-bond donors (Lipinski definition) is 1. The molecule has 0 aliphatic carbocycles. The number of pyridine rings is 2. The number of rotatable bonds is 5. The molecule has 0 aliphatic heterocycles. The number of benzene rings is 1. The smallest absolute Gasteiger partial charge is 0.341 e. The molecule has 0 aliphatic rings. The Balaban J connectivity index is 2.05. The summed E-state index contributed by atoms with van der Waals surface area (Å²) < 4.78 is 12.2. The van der Waals surface area contributed by atoms with E-state index in [-0.39, 0.29) is 23.5 Å². The van der Waals surface area contributed by atoms with Crippen molar-refractivity contribution >= 4 is 17.0 Å². The summed E-state index contributed by atoms with van der Waals surface area (Å²) in [7, 11) is 3.13. The monoisotopic (exact) mass is 340 g/mol. The van der Waals surface area contributed by atoms with Crippen LogP contribution in [0.1, 0.15) is 15.9 Å². The van der Waals surface area contributed by atoms with E-state index in [2.05, 4.69) is 4.98 Å². The van der Waals surface area contributed by atoms with Crippen LogP contribution in [0.25, 0.3) is 11.0 Å². The fraction of sp³-hybridized carbons (Fsp3) is 0.167. The maximum atomic E-state index is 11.9. The van der Waals surface area contributed by atoms with Crippen molar-refractivity contribution in [1.82, 2.24) is 9.55 Å². The lowest BCUT2D eigenvalue weighted by Crippen LogP contribution is -2.17. The van der Waals surface area contributed by atoms with E-state index < -0.39 is 5.97 Å². The van der Waals surface area contributed by atoms with Gasteiger partial charge in [-0.25, -0.2) is 4.79 Å². The van der Waals surface area contributed by atoms with Gasteiger partial charge in [-0.15, -0.1) is 0 Å². The molecule has 7 heteroatoms. The second kappa shape index (κ2) is 6.64. The van der Waals surface area contributed by atoms with Crippen LogP contribution in [0.5, 0.6) is 11.5 Å². The van der Waals surface area contributed by atoms with Crippen LogP contribution < -0.4 is 15.0 Å². The van der Waals surface area contributed by atoms with Crippen LogP contribution in [-0.2, 0) is 13.7 Å². The predicted octanol–water partition coefficient (Wildman–Crippen LogP) is 2.22. The van der Waals surface area contributed by atoms with Gasteiger partial charge in [0.25, 0.3) is 5.56 Å². The van der Waals surface area contributed by atoms with Gasteiger partial charge in [0.1, 0.15) is 23.4 Å². The van der Waals surface area contributed by atoms with Crippen LogP contribution in [0.4, 0.5) is 0 Å². The highest BCUT2D eigenvalue weighted by atomic mass is 16.5. The van der Waals surface area contributed by atoms with Crippen LogP contribution in [0, 0.1) is 0 Å². The Morgan fingerprint density at radius 2 is 1.92 bits per heavy atom. The van der Waals surface area contributed by atoms with Crippen molar-refractivity contribution in [2.45, 2.75) is 6.61 Å². The zero-order valence-electron chi connectivity index (χ0n) is 13.7. The lowest BCUT2D eigenvalue weighted by Gasteiger charge is -2.14. The highest BCUT2D eigenvalue weighted by molar-refractivity contribution is 5.97. The number of nitrogens with zero attached hydrogens (tertiary/aromatic N) is 2. The van der Waals surface area contributed by atoms with Crippen molar-refractivity contribution in [1.29, 1.82) is 0 Å². The van der Waals surface area contributed by atoms with Gasteiger partial charge in [0.05, 0.1) is 12.6 Å². The van der Waals surface area contributed by atoms with Crippen molar-refractivity contribution in [3.05, 3.63) is 64.1 Å². The molecule has 0 radical (unpaired) electrons. The maximum absolute atomic E-state index is 11.9. The second-order valence-electron chi connectivity index (χ2n) is 5.41. The summed E-state index contributed by atoms with van der Waals surface area (Å²) >= 11 is 0. The van der Waals surface area contributed by atoms with Crippen molar-refractivity contribution in [2.75, 3.05) is 7.11 Å². The van der Waals surface area contributed by atoms with Gasteiger partial charge in [0, 0.05) is 19.3 Å². The number of hydrogen-bond acceptors (Lipinski definition) is 5. The molecule has 0 amide bonds. The molecule has 0 unspecified atom stereocenters. The summed E-state index contributed by atoms with van der Waals surface area (Å²) in [5, 5.41) is 9.43. The molecule has 128 valence electrons. The van der Waals surface area contributed by atoms with E-state index in [1.54, 1.807) is 32.4 Å². The molecule has 1 aromatic carbocycles. The Labute approximate surface area is 143 Å². The minimum Gasteiger partial charge on any atom is -0.497 e. The van der Waals surface area contributed by atoms with Crippen LogP contribution in [0.2, 0.25) is 0 Å². The summed E-state index contributed by atoms with van der Waals surface area (Å²) in [4.78, 5) is 27.6. The Morgan fingerprint density at radius 1 is 1.20 bits per heavy atom. The summed E-state index contributed by atoms with van der Waals surface area (Å²) in [5.74, 6) is -0.337. The number of carbonyl (C=O) groups is 1. The molecule has 0 bridgehead atoms. The van der Waals surface area contributed by atoms with Gasteiger partial charge in [-0.3, -0.25) is 9.78 Å². The van der Waals surface area contributed by atoms with Gasteiger partial charge in [0.15, 0.2) is 5.75 Å². The van der Waals surface area contributed by atoms with Crippen molar-refractivity contribution in [2.24, 2.45) is 7.05 Å². The minimum absolute atomic E-state index is 0.0952. The molecule has 1 N–H and O–H groups in total. The third-order valence-electron chi connectivity index (χ3n) is 3.86. The summed E-state index contributed by atoms with van der Waals surface area (Å²) in [6.07, 6.45) is 1.23. The molecule has 3 rings (SSSR count). The van der Waals surface area contributed by atoms with E-state index in [4.69, 9.17) is 9.47 Å². The number of fused-ring (bicyclic) bond motifs is 1. The van der Waals surface area contributed by atoms with Crippen molar-refractivity contribution in [3.8, 4) is 11.5 Å². The van der Waals surface area contributed by atoms with E-state index in [1.165, 1.54) is 16.8 Å². The largest absolute Gasteiger partial charge is 0.497 e. The molecular formula is C18H16N2O5. The average Bonchev–Trinajstić information content (AvgIpc) is 2.62. The molecule has 3 aromatic rings. The molecule has 0 fully saturated rings. The van der Waals surface area contributed by atoms with E-state index in [0.29, 0.717) is 16.8 Å². The van der Waals surface area contributed by atoms with Crippen LogP contribution >= 0.6 is 0 Å². The van der Waals surface area contributed by atoms with Gasteiger partial charge in [-0.1, -0.05) is 12.1 Å². The fourth-order valence-corrected chi connectivity index (χ4v) is 2.49. The number of carboxylic acids is 1. The van der Waals surface area contributed by atoms with E-state index in [1.807, 2.05) is 12.1 Å². The zero-order chi connectivity index (χ0) is 18.0. The molecule has 0 saturated heterocycles. The first-order valence-corrected chi connectivity index (χ1v) is 7.49. The van der Waals surface area contributed by atoms with Crippen molar-refractivity contribution < 1.29 is 19.4 Å². The SMILES string of the molecule is COc1ccc(COc2c(C(=O)O)cnc3ccc(=O)n(C)c23)cc1. The molecule has 0 atom stereocenters. The van der Waals surface area contributed by atoms with E-state index in [0.717, 1.165) is 5.56 Å². The topological polar surface area (TPSA) is 90.7 Å². The van der Waals surface area contributed by atoms with Gasteiger partial charge in [-0.2, -0.15) is 0 Å². The van der Waals surface area contributed by atoms with E-state index >= 15 is 0 Å². The zero-order valence-corrected chi connectivity index (χ0v) is 13.7. The number of aromatic nitrogens is 2. The Morgan fingerprint density at radius 3 is 2.56 bits per heavy atom. The standard InChI is InChI=1S/C18H16N2O5/c1-20-15(21)8-7-14-16(20)17(13(9-19-14)18(22)23)25-10-11-3-5-12(24-2)6-4-11/h3-9H,10H2,1-2H3,(H,22,23). The molecule has 25 heavy (non-hydrogen) atoms. The first-order valence-electron chi connectivity index (χ1n) is 7.49. The number of carboxylic acid groups (broad SMARTS) is 1. The number of aryl methyl sites for hydroxylation is 1. The molecule has 7 nitrogen and oxygen atoms in total. The molecule has 0 spiro atoms. The van der Waals surface area contributed by atoms with E-state index in [9.17, 15) is 14.7 Å². The normalized spacial score (nSPS) is 10.6. The maximum Gasteiger partial charge on any atom is 0.341 e. The summed E-state index contributed by atoms with van der Waals surface area (Å²) in [6, 6.07) is 10.1. The van der Waals surface area contributed by atoms with Crippen LogP contribution in [-0.4, -0.2) is 27.7 Å².